The molecule has 41 heavy (non-hydrogen) atoms. The summed E-state index contributed by atoms with van der Waals surface area (Å²) in [5.74, 6) is 6.08. The molecule has 0 heterocycles. The number of ether oxygens (including phenoxy) is 1. The van der Waals surface area contributed by atoms with Crippen molar-refractivity contribution in [3.63, 3.8) is 0 Å². The SMILES string of the molecule is C/C=C\CCCCCCCC(=O)OC1CCC2(C)C(=CCC3C2CCC2(C)C(C(C)CCC(C)C(C)C)CCC32)C1. The zero-order chi connectivity index (χ0) is 29.6. The molecule has 0 amide bonds. The molecule has 0 spiro atoms. The van der Waals surface area contributed by atoms with Crippen LogP contribution in [-0.4, -0.2) is 12.1 Å². The van der Waals surface area contributed by atoms with Gasteiger partial charge in [0, 0.05) is 12.8 Å². The van der Waals surface area contributed by atoms with E-state index >= 15 is 0 Å². The number of rotatable bonds is 14. The Morgan fingerprint density at radius 2 is 1.71 bits per heavy atom. The molecule has 0 aromatic heterocycles. The quantitative estimate of drug-likeness (QED) is 0.119. The van der Waals surface area contributed by atoms with Crippen LogP contribution in [0.3, 0.4) is 0 Å². The Bertz CT molecular complexity index is 899. The van der Waals surface area contributed by atoms with Crippen molar-refractivity contribution in [3.8, 4) is 0 Å². The molecule has 9 atom stereocenters. The lowest BCUT2D eigenvalue weighted by molar-refractivity contribution is -0.151. The van der Waals surface area contributed by atoms with Crippen molar-refractivity contribution in [2.24, 2.45) is 52.3 Å². The van der Waals surface area contributed by atoms with Crippen LogP contribution in [0.2, 0.25) is 0 Å². The molecule has 0 aromatic rings. The second kappa shape index (κ2) is 14.6. The Labute approximate surface area is 254 Å². The second-order valence-corrected chi connectivity index (χ2v) is 16.0. The van der Waals surface area contributed by atoms with Crippen molar-refractivity contribution in [2.75, 3.05) is 0 Å². The van der Waals surface area contributed by atoms with Gasteiger partial charge in [0.05, 0.1) is 0 Å². The fourth-order valence-corrected chi connectivity index (χ4v) is 10.2. The van der Waals surface area contributed by atoms with Crippen molar-refractivity contribution in [2.45, 2.75) is 164 Å². The molecule has 3 fully saturated rings. The lowest BCUT2D eigenvalue weighted by atomic mass is 9.47. The summed E-state index contributed by atoms with van der Waals surface area (Å²) in [6.07, 6.45) is 28.0. The van der Waals surface area contributed by atoms with E-state index in [2.05, 4.69) is 66.7 Å². The smallest absolute Gasteiger partial charge is 0.306 e. The lowest BCUT2D eigenvalue weighted by Crippen LogP contribution is -2.51. The van der Waals surface area contributed by atoms with E-state index < -0.39 is 0 Å². The molecular formula is C39H66O2. The Kier molecular flexibility index (Phi) is 11.7. The van der Waals surface area contributed by atoms with Crippen LogP contribution in [0, 0.1) is 52.3 Å². The van der Waals surface area contributed by atoms with Gasteiger partial charge in [-0.05, 0) is 123 Å². The topological polar surface area (TPSA) is 26.3 Å². The first-order chi connectivity index (χ1) is 19.6. The highest BCUT2D eigenvalue weighted by Crippen LogP contribution is 2.67. The van der Waals surface area contributed by atoms with Gasteiger partial charge in [-0.15, -0.1) is 0 Å². The molecular weight excluding hydrogens is 500 g/mol. The minimum atomic E-state index is 0.0455. The predicted octanol–water partition coefficient (Wildman–Crippen LogP) is 11.5. The van der Waals surface area contributed by atoms with Gasteiger partial charge in [0.1, 0.15) is 6.10 Å². The summed E-state index contributed by atoms with van der Waals surface area (Å²) >= 11 is 0. The van der Waals surface area contributed by atoms with Crippen molar-refractivity contribution < 1.29 is 9.53 Å². The van der Waals surface area contributed by atoms with Crippen molar-refractivity contribution >= 4 is 5.97 Å². The van der Waals surface area contributed by atoms with Crippen LogP contribution in [0.25, 0.3) is 0 Å². The molecule has 3 saturated carbocycles. The number of hydrogen-bond acceptors (Lipinski definition) is 2. The van der Waals surface area contributed by atoms with Gasteiger partial charge in [-0.1, -0.05) is 97.4 Å². The van der Waals surface area contributed by atoms with E-state index in [0.29, 0.717) is 17.3 Å². The molecule has 2 nitrogen and oxygen atoms in total. The van der Waals surface area contributed by atoms with E-state index in [-0.39, 0.29) is 12.1 Å². The molecule has 0 saturated heterocycles. The van der Waals surface area contributed by atoms with E-state index in [1.54, 1.807) is 5.57 Å². The maximum atomic E-state index is 12.7. The molecule has 234 valence electrons. The van der Waals surface area contributed by atoms with Gasteiger partial charge in [-0.3, -0.25) is 4.79 Å². The third-order valence-corrected chi connectivity index (χ3v) is 13.3. The number of carbonyl (C=O) groups excluding carboxylic acids is 1. The predicted molar refractivity (Wildman–Crippen MR) is 175 cm³/mol. The summed E-state index contributed by atoms with van der Waals surface area (Å²) in [7, 11) is 0. The van der Waals surface area contributed by atoms with Gasteiger partial charge >= 0.3 is 5.97 Å². The van der Waals surface area contributed by atoms with E-state index in [9.17, 15) is 4.79 Å². The minimum Gasteiger partial charge on any atom is -0.462 e. The largest absolute Gasteiger partial charge is 0.462 e. The molecule has 0 aromatic carbocycles. The van der Waals surface area contributed by atoms with Crippen molar-refractivity contribution in [1.82, 2.24) is 0 Å². The van der Waals surface area contributed by atoms with Crippen LogP contribution in [0.4, 0.5) is 0 Å². The minimum absolute atomic E-state index is 0.0455. The highest BCUT2D eigenvalue weighted by molar-refractivity contribution is 5.69. The van der Waals surface area contributed by atoms with Crippen LogP contribution < -0.4 is 0 Å². The molecule has 0 N–H and O–H groups in total. The van der Waals surface area contributed by atoms with Crippen LogP contribution in [0.15, 0.2) is 23.8 Å². The maximum absolute atomic E-state index is 12.7. The van der Waals surface area contributed by atoms with Gasteiger partial charge in [0.25, 0.3) is 0 Å². The van der Waals surface area contributed by atoms with E-state index in [1.807, 2.05) is 0 Å². The number of allylic oxidation sites excluding steroid dienone is 3. The Morgan fingerprint density at radius 1 is 0.951 bits per heavy atom. The number of esters is 1. The van der Waals surface area contributed by atoms with Crippen molar-refractivity contribution in [3.05, 3.63) is 23.8 Å². The Morgan fingerprint density at radius 3 is 2.46 bits per heavy atom. The van der Waals surface area contributed by atoms with Crippen LogP contribution in [0.5, 0.6) is 0 Å². The molecule has 4 aliphatic rings. The summed E-state index contributed by atoms with van der Waals surface area (Å²) in [6, 6.07) is 0. The fourth-order valence-electron chi connectivity index (χ4n) is 10.2. The van der Waals surface area contributed by atoms with E-state index in [1.165, 1.54) is 77.0 Å². The standard InChI is InChI=1S/C39H66O2/c1-8-9-10-11-12-13-14-15-16-37(40)41-32-23-25-38(6)31(27-32)19-20-33-35-22-21-34(39(35,7)26-24-36(33)38)30(5)18-17-29(4)28(2)3/h8-9,19,28-30,32-36H,10-18,20-27H2,1-7H3/b9-8-. The first-order valence-corrected chi connectivity index (χ1v) is 18.1. The van der Waals surface area contributed by atoms with Gasteiger partial charge in [0.15, 0.2) is 0 Å². The van der Waals surface area contributed by atoms with Gasteiger partial charge < -0.3 is 4.74 Å². The van der Waals surface area contributed by atoms with E-state index in [0.717, 1.165) is 67.1 Å². The van der Waals surface area contributed by atoms with Crippen molar-refractivity contribution in [1.29, 1.82) is 0 Å². The molecule has 4 rings (SSSR count). The normalized spacial score (nSPS) is 36.4. The van der Waals surface area contributed by atoms with Gasteiger partial charge in [-0.2, -0.15) is 0 Å². The average molecular weight is 567 g/mol. The summed E-state index contributed by atoms with van der Waals surface area (Å²) in [5, 5.41) is 0. The summed E-state index contributed by atoms with van der Waals surface area (Å²) in [6.45, 7) is 17.2. The first-order valence-electron chi connectivity index (χ1n) is 18.1. The Hall–Kier alpha value is -1.05. The number of hydrogen-bond donors (Lipinski definition) is 0. The zero-order valence-electron chi connectivity index (χ0n) is 28.2. The molecule has 9 unspecified atom stereocenters. The molecule has 4 aliphatic carbocycles. The maximum Gasteiger partial charge on any atom is 0.306 e. The zero-order valence-corrected chi connectivity index (χ0v) is 28.2. The molecule has 0 bridgehead atoms. The highest BCUT2D eigenvalue weighted by Gasteiger charge is 2.59. The monoisotopic (exact) mass is 567 g/mol. The molecule has 0 radical (unpaired) electrons. The average Bonchev–Trinajstić information content (AvgIpc) is 3.30. The number of carbonyl (C=O) groups is 1. The van der Waals surface area contributed by atoms with Gasteiger partial charge in [0.2, 0.25) is 0 Å². The fraction of sp³-hybridized carbons (Fsp3) is 0.872. The third kappa shape index (κ3) is 7.55. The Balaban J connectivity index is 1.27. The highest BCUT2D eigenvalue weighted by atomic mass is 16.5. The molecule has 2 heteroatoms. The third-order valence-electron chi connectivity index (χ3n) is 13.3. The summed E-state index contributed by atoms with van der Waals surface area (Å²) < 4.78 is 6.07. The van der Waals surface area contributed by atoms with Gasteiger partial charge in [-0.25, -0.2) is 0 Å². The van der Waals surface area contributed by atoms with Crippen LogP contribution in [0.1, 0.15) is 158 Å². The molecule has 0 aliphatic heterocycles. The first kappa shape index (κ1) is 32.9. The second-order valence-electron chi connectivity index (χ2n) is 16.0. The lowest BCUT2D eigenvalue weighted by Gasteiger charge is -2.58. The summed E-state index contributed by atoms with van der Waals surface area (Å²) in [5.41, 5.74) is 2.51. The van der Waals surface area contributed by atoms with Crippen LogP contribution in [-0.2, 0) is 9.53 Å². The van der Waals surface area contributed by atoms with E-state index in [4.69, 9.17) is 4.74 Å². The number of fused-ring (bicyclic) bond motifs is 5. The van der Waals surface area contributed by atoms with Crippen LogP contribution >= 0.6 is 0 Å². The summed E-state index contributed by atoms with van der Waals surface area (Å²) in [4.78, 5) is 12.7. The number of unbranched alkanes of at least 4 members (excludes halogenated alkanes) is 5.